The van der Waals surface area contributed by atoms with Gasteiger partial charge in [-0.3, -0.25) is 9.59 Å². The van der Waals surface area contributed by atoms with E-state index in [1.54, 1.807) is 12.1 Å². The van der Waals surface area contributed by atoms with Crippen LogP contribution in [0.25, 0.3) is 87.7 Å². The van der Waals surface area contributed by atoms with Gasteiger partial charge in [0.15, 0.2) is 5.69 Å². The second kappa shape index (κ2) is 10.9. The van der Waals surface area contributed by atoms with Gasteiger partial charge in [0.05, 0.1) is 11.1 Å². The molecule has 9 aromatic rings. The third kappa shape index (κ3) is 4.30. The van der Waals surface area contributed by atoms with E-state index in [1.807, 2.05) is 121 Å². The van der Waals surface area contributed by atoms with Gasteiger partial charge in [0.2, 0.25) is 16.7 Å². The third-order valence-corrected chi connectivity index (χ3v) is 9.63. The smallest absolute Gasteiger partial charge is 0.364 e. The van der Waals surface area contributed by atoms with Crippen molar-refractivity contribution in [3.8, 4) is 28.1 Å². The van der Waals surface area contributed by atoms with Crippen LogP contribution >= 0.6 is 0 Å². The summed E-state index contributed by atoms with van der Waals surface area (Å²) in [4.78, 5) is 59.2. The average Bonchev–Trinajstić information content (AvgIpc) is 4.00. The minimum atomic E-state index is -0.596. The molecule has 0 amide bonds. The second-order valence-electron chi connectivity index (χ2n) is 12.5. The Hall–Kier alpha value is -7.19. The minimum Gasteiger partial charge on any atom is -0.402 e. The van der Waals surface area contributed by atoms with Gasteiger partial charge >= 0.3 is 5.97 Å². The molecule has 10 rings (SSSR count). The molecule has 1 aliphatic heterocycles. The SMILES string of the molecule is O=C1Oc2nc1c(-c1ccccc1)c1ccc([nH]1)c1c(nc3c(=O)c4ccccc4c3c3ccc([nH]3)c2-c2ccccc2)c(=O)c2ccccc21. The zero-order valence-electron chi connectivity index (χ0n) is 26.7. The molecular weight excluding hydrogens is 636 g/mol. The minimum absolute atomic E-state index is 0.138. The van der Waals surface area contributed by atoms with Crippen LogP contribution < -0.4 is 15.6 Å². The molecule has 6 aromatic carbocycles. The fraction of sp³-hybridized carbons (Fsp3) is 0. The second-order valence-corrected chi connectivity index (χ2v) is 12.5. The Labute approximate surface area is 288 Å². The first kappa shape index (κ1) is 28.8. The Kier molecular flexibility index (Phi) is 6.16. The number of hydrogen-bond donors (Lipinski definition) is 2. The molecule has 0 aliphatic carbocycles. The summed E-state index contributed by atoms with van der Waals surface area (Å²) in [7, 11) is 0. The van der Waals surface area contributed by atoms with E-state index in [4.69, 9.17) is 14.7 Å². The molecule has 3 aromatic heterocycles. The molecule has 0 radical (unpaired) electrons. The molecule has 6 bridgehead atoms. The van der Waals surface area contributed by atoms with Crippen molar-refractivity contribution in [2.45, 2.75) is 0 Å². The van der Waals surface area contributed by atoms with E-state index in [0.717, 1.165) is 11.1 Å². The lowest BCUT2D eigenvalue weighted by atomic mass is 10.0. The molecule has 240 valence electrons. The van der Waals surface area contributed by atoms with Crippen molar-refractivity contribution in [2.24, 2.45) is 0 Å². The monoisotopic (exact) mass is 660 g/mol. The van der Waals surface area contributed by atoms with Crippen LogP contribution in [0.1, 0.15) is 10.5 Å². The van der Waals surface area contributed by atoms with Crippen molar-refractivity contribution in [1.82, 2.24) is 19.9 Å². The predicted octanol–water partition coefficient (Wildman–Crippen LogP) is 8.76. The van der Waals surface area contributed by atoms with Crippen LogP contribution in [0.5, 0.6) is 5.88 Å². The standard InChI is InChI=1S/C43H24N4O4/c48-40-27-17-9-7-15-25(27)35-31-21-19-29(44-31)33(23-11-3-1-4-12-23)39-43(50)51-42(47-39)34(24-13-5-2-6-14-24)30-20-22-32(45-30)36-26-16-8-10-18-28(26)41(49)38(36)46-37(35)40/h1-22,44-45H. The maximum atomic E-state index is 14.2. The van der Waals surface area contributed by atoms with Crippen LogP contribution in [0.15, 0.2) is 143 Å². The van der Waals surface area contributed by atoms with Crippen molar-refractivity contribution in [1.29, 1.82) is 0 Å². The lowest BCUT2D eigenvalue weighted by Gasteiger charge is -2.03. The highest BCUT2D eigenvalue weighted by atomic mass is 16.5. The first-order valence-corrected chi connectivity index (χ1v) is 16.5. The third-order valence-electron chi connectivity index (χ3n) is 9.63. The molecule has 0 saturated carbocycles. The zero-order chi connectivity index (χ0) is 34.2. The van der Waals surface area contributed by atoms with Gasteiger partial charge in [-0.15, -0.1) is 0 Å². The number of nitrogens with zero attached hydrogens (tertiary/aromatic N) is 2. The van der Waals surface area contributed by atoms with Crippen molar-refractivity contribution in [2.75, 3.05) is 0 Å². The summed E-state index contributed by atoms with van der Waals surface area (Å²) in [5.74, 6) is -0.454. The molecular formula is C43H24N4O4. The Balaban J connectivity index is 1.51. The Morgan fingerprint density at radius 3 is 1.39 bits per heavy atom. The number of rotatable bonds is 2. The van der Waals surface area contributed by atoms with Crippen LogP contribution in [-0.2, 0) is 0 Å². The molecule has 4 heterocycles. The van der Waals surface area contributed by atoms with Gasteiger partial charge < -0.3 is 14.7 Å². The number of aromatic amines is 2. The molecule has 0 atom stereocenters. The summed E-state index contributed by atoms with van der Waals surface area (Å²) in [5.41, 5.74) is 4.95. The molecule has 0 fully saturated rings. The number of fused-ring (bicyclic) bond motifs is 14. The van der Waals surface area contributed by atoms with E-state index in [-0.39, 0.29) is 33.5 Å². The summed E-state index contributed by atoms with van der Waals surface area (Å²) >= 11 is 0. The summed E-state index contributed by atoms with van der Waals surface area (Å²) in [6, 6.07) is 41.2. The molecule has 8 nitrogen and oxygen atoms in total. The molecule has 0 unspecified atom stereocenters. The molecule has 0 saturated heterocycles. The largest absolute Gasteiger partial charge is 0.402 e. The Morgan fingerprint density at radius 2 is 0.863 bits per heavy atom. The number of carbonyl (C=O) groups is 1. The quantitative estimate of drug-likeness (QED) is 0.179. The first-order valence-electron chi connectivity index (χ1n) is 16.5. The highest BCUT2D eigenvalue weighted by molar-refractivity contribution is 6.20. The van der Waals surface area contributed by atoms with Crippen molar-refractivity contribution < 1.29 is 9.53 Å². The first-order chi connectivity index (χ1) is 25.0. The van der Waals surface area contributed by atoms with E-state index in [1.165, 1.54) is 0 Å². The van der Waals surface area contributed by atoms with Gasteiger partial charge in [-0.2, -0.15) is 0 Å². The maximum Gasteiger partial charge on any atom is 0.364 e. The average molecular weight is 661 g/mol. The van der Waals surface area contributed by atoms with E-state index in [0.29, 0.717) is 65.5 Å². The van der Waals surface area contributed by atoms with Gasteiger partial charge in [0.1, 0.15) is 11.0 Å². The lowest BCUT2D eigenvalue weighted by Crippen LogP contribution is -2.04. The topological polar surface area (TPSA) is 118 Å². The molecule has 1 aliphatic rings. The maximum absolute atomic E-state index is 14.2. The van der Waals surface area contributed by atoms with Crippen LogP contribution in [0.2, 0.25) is 0 Å². The lowest BCUT2D eigenvalue weighted by molar-refractivity contribution is 0.0755. The number of ether oxygens (including phenoxy) is 1. The van der Waals surface area contributed by atoms with Gasteiger partial charge in [0, 0.05) is 43.7 Å². The van der Waals surface area contributed by atoms with Gasteiger partial charge in [-0.1, -0.05) is 109 Å². The zero-order valence-corrected chi connectivity index (χ0v) is 26.7. The van der Waals surface area contributed by atoms with Crippen molar-refractivity contribution in [3.63, 3.8) is 0 Å². The number of hydrogen-bond acceptors (Lipinski definition) is 6. The number of H-pyrrole nitrogens is 2. The van der Waals surface area contributed by atoms with E-state index in [9.17, 15) is 14.4 Å². The number of carbonyl (C=O) groups excluding carboxylic acids is 1. The van der Waals surface area contributed by atoms with Gasteiger partial charge in [-0.05, 0) is 46.2 Å². The highest BCUT2D eigenvalue weighted by Crippen LogP contribution is 2.38. The summed E-state index contributed by atoms with van der Waals surface area (Å²) < 4.78 is 6.02. The molecule has 2 N–H and O–H groups in total. The van der Waals surface area contributed by atoms with Crippen LogP contribution in [-0.4, -0.2) is 25.9 Å². The van der Waals surface area contributed by atoms with Gasteiger partial charge in [0.25, 0.3) is 0 Å². The molecule has 8 heteroatoms. The summed E-state index contributed by atoms with van der Waals surface area (Å²) in [6.07, 6.45) is 0. The Morgan fingerprint density at radius 1 is 0.431 bits per heavy atom. The van der Waals surface area contributed by atoms with Crippen LogP contribution in [0.3, 0.4) is 0 Å². The van der Waals surface area contributed by atoms with Crippen LogP contribution in [0.4, 0.5) is 0 Å². The van der Waals surface area contributed by atoms with Crippen molar-refractivity contribution >= 4 is 71.4 Å². The van der Waals surface area contributed by atoms with E-state index >= 15 is 0 Å². The molecule has 0 spiro atoms. The predicted molar refractivity (Wildman–Crippen MR) is 202 cm³/mol. The van der Waals surface area contributed by atoms with Crippen LogP contribution in [0, 0.1) is 0 Å². The Bertz CT molecular complexity index is 3170. The normalized spacial score (nSPS) is 12.3. The summed E-state index contributed by atoms with van der Waals surface area (Å²) in [5, 5.41) is 3.51. The number of esters is 1. The summed E-state index contributed by atoms with van der Waals surface area (Å²) in [6.45, 7) is 0. The molecule has 51 heavy (non-hydrogen) atoms. The number of nitrogens with one attached hydrogen (secondary N) is 2. The van der Waals surface area contributed by atoms with Gasteiger partial charge in [-0.25, -0.2) is 14.8 Å². The fourth-order valence-corrected chi connectivity index (χ4v) is 7.37. The number of benzene rings is 4. The van der Waals surface area contributed by atoms with E-state index in [2.05, 4.69) is 9.97 Å². The van der Waals surface area contributed by atoms with E-state index < -0.39 is 5.97 Å². The van der Waals surface area contributed by atoms with Crippen molar-refractivity contribution in [3.05, 3.63) is 160 Å². The number of aromatic nitrogens is 4. The fourth-order valence-electron chi connectivity index (χ4n) is 7.37. The highest BCUT2D eigenvalue weighted by Gasteiger charge is 2.28.